The van der Waals surface area contributed by atoms with Crippen LogP contribution in [-0.2, 0) is 20.7 Å². The average molecular weight is 600 g/mol. The van der Waals surface area contributed by atoms with Crippen LogP contribution in [-0.4, -0.2) is 69.8 Å². The van der Waals surface area contributed by atoms with Crippen LogP contribution >= 0.6 is 0 Å². The summed E-state index contributed by atoms with van der Waals surface area (Å²) in [7, 11) is 0.502. The van der Waals surface area contributed by atoms with Crippen molar-refractivity contribution in [2.75, 3.05) is 31.5 Å². The lowest BCUT2D eigenvalue weighted by atomic mass is 9.96. The Morgan fingerprint density at radius 1 is 0.976 bits per heavy atom. The largest absolute Gasteiger partial charge is 0.644 e. The maximum atomic E-state index is 12.2. The van der Waals surface area contributed by atoms with Crippen LogP contribution in [0.15, 0.2) is 46.9 Å². The van der Waals surface area contributed by atoms with E-state index in [1.54, 1.807) is 0 Å². The van der Waals surface area contributed by atoms with Crippen LogP contribution in [0.25, 0.3) is 0 Å². The van der Waals surface area contributed by atoms with Gasteiger partial charge in [-0.25, -0.2) is 18.4 Å². The van der Waals surface area contributed by atoms with Crippen molar-refractivity contribution in [3.63, 3.8) is 0 Å². The summed E-state index contributed by atoms with van der Waals surface area (Å²) in [6.07, 6.45) is 15.2. The molecule has 1 aromatic carbocycles. The van der Waals surface area contributed by atoms with Crippen molar-refractivity contribution in [1.82, 2.24) is 15.6 Å². The molecule has 2 aliphatic rings. The Morgan fingerprint density at radius 3 is 2.33 bits per heavy atom. The van der Waals surface area contributed by atoms with E-state index in [1.807, 2.05) is 48.3 Å². The first kappa shape index (κ1) is 32.3. The van der Waals surface area contributed by atoms with Crippen LogP contribution in [0.2, 0.25) is 6.04 Å². The predicted octanol–water partition coefficient (Wildman–Crippen LogP) is 4.31. The second-order valence-electron chi connectivity index (χ2n) is 11.3. The highest BCUT2D eigenvalue weighted by Gasteiger charge is 2.49. The minimum atomic E-state index is -1.40. The number of nitrogens with zero attached hydrogens (tertiary/aromatic N) is 3. The van der Waals surface area contributed by atoms with E-state index in [0.29, 0.717) is 19.0 Å². The molecule has 1 aliphatic heterocycles. The predicted molar refractivity (Wildman–Crippen MR) is 164 cm³/mol. The molecule has 11 nitrogen and oxygen atoms in total. The molecule has 0 spiro atoms. The van der Waals surface area contributed by atoms with Gasteiger partial charge in [0, 0.05) is 23.9 Å². The Balaban J connectivity index is 1.03. The van der Waals surface area contributed by atoms with Crippen molar-refractivity contribution >= 4 is 32.5 Å². The standard InChI is InChI=1S/C30H47N7O4Si/c1-37-21-20-34-30(37)36-35-25-15-13-24(14-16-25)32-18-9-19-33-28(38)23-31-17-10-22-42-40-26-11-7-5-3-2-4-6-8-12-27(41-42)29(26)39/h13-16,20-21,26-27,29,31,39H,2-12,17-19,22-23H2,1H3,(H-,32,33,34,36,38)/p+2. The molecule has 2 fully saturated rings. The summed E-state index contributed by atoms with van der Waals surface area (Å²) in [5.41, 5.74) is 1.78. The van der Waals surface area contributed by atoms with Gasteiger partial charge in [0.2, 0.25) is 5.91 Å². The van der Waals surface area contributed by atoms with Gasteiger partial charge in [0.15, 0.2) is 0 Å². The fourth-order valence-electron chi connectivity index (χ4n) is 5.31. The summed E-state index contributed by atoms with van der Waals surface area (Å²) in [6, 6.07) is 8.64. The third-order valence-corrected chi connectivity index (χ3v) is 9.69. The number of fused-ring (bicyclic) bond motifs is 2. The van der Waals surface area contributed by atoms with E-state index in [2.05, 4.69) is 31.2 Å². The van der Waals surface area contributed by atoms with E-state index >= 15 is 0 Å². The first-order valence-electron chi connectivity index (χ1n) is 15.7. The molecule has 42 heavy (non-hydrogen) atoms. The molecular weight excluding hydrogens is 550 g/mol. The topological polar surface area (TPSA) is 136 Å². The molecule has 4 rings (SSSR count). The Bertz CT molecular complexity index is 1060. The Labute approximate surface area is 251 Å². The second kappa shape index (κ2) is 18.1. The number of hydrogen-bond acceptors (Lipinski definition) is 8. The van der Waals surface area contributed by atoms with E-state index < -0.39 is 15.4 Å². The molecule has 1 aromatic heterocycles. The Hall–Kier alpha value is -2.64. The van der Waals surface area contributed by atoms with Gasteiger partial charge in [-0.1, -0.05) is 50.1 Å². The zero-order valence-corrected chi connectivity index (χ0v) is 26.0. The van der Waals surface area contributed by atoms with Crippen molar-refractivity contribution in [2.45, 2.75) is 95.0 Å². The van der Waals surface area contributed by atoms with Gasteiger partial charge in [0.05, 0.1) is 26.0 Å². The minimum Gasteiger partial charge on any atom is -0.387 e. The molecule has 2 aromatic rings. The zero-order chi connectivity index (χ0) is 29.4. The van der Waals surface area contributed by atoms with Crippen LogP contribution in [0, 0.1) is 0 Å². The molecule has 2 unspecified atom stereocenters. The SMILES string of the molecule is C[n+]1cc[nH]c1N=Nc1ccc(NCCCNC(=O)CNCCC[Si+]2OC3CCCCCCCCCC(O2)C3O)cc1. The normalized spacial score (nSPS) is 22.0. The molecule has 1 saturated heterocycles. The zero-order valence-electron chi connectivity index (χ0n) is 25.0. The fraction of sp³-hybridized carbons (Fsp3) is 0.667. The molecule has 2 atom stereocenters. The number of aliphatic hydroxyl groups is 1. The van der Waals surface area contributed by atoms with Crippen molar-refractivity contribution in [3.8, 4) is 0 Å². The van der Waals surface area contributed by atoms with Crippen LogP contribution in [0.5, 0.6) is 0 Å². The van der Waals surface area contributed by atoms with Crippen LogP contribution in [0.1, 0.15) is 70.6 Å². The highest BCUT2D eigenvalue weighted by molar-refractivity contribution is 6.44. The maximum Gasteiger partial charge on any atom is 0.644 e. The number of imidazole rings is 1. The number of carbonyl (C=O) groups excluding carboxylic acids is 1. The first-order valence-corrected chi connectivity index (χ1v) is 17.2. The van der Waals surface area contributed by atoms with E-state index in [4.69, 9.17) is 8.85 Å². The van der Waals surface area contributed by atoms with Crippen molar-refractivity contribution < 1.29 is 23.3 Å². The van der Waals surface area contributed by atoms with Gasteiger partial charge in [0.1, 0.15) is 30.0 Å². The number of H-pyrrole nitrogens is 1. The number of carbonyl (C=O) groups is 1. The smallest absolute Gasteiger partial charge is 0.387 e. The molecule has 2 heterocycles. The Morgan fingerprint density at radius 2 is 1.67 bits per heavy atom. The molecule has 12 heteroatoms. The third kappa shape index (κ3) is 11.2. The summed E-state index contributed by atoms with van der Waals surface area (Å²) in [6.45, 7) is 2.42. The van der Waals surface area contributed by atoms with Gasteiger partial charge < -0.3 is 21.1 Å². The quantitative estimate of drug-likeness (QED) is 0.101. The molecule has 230 valence electrons. The van der Waals surface area contributed by atoms with Gasteiger partial charge in [-0.05, 0) is 56.5 Å². The number of aromatic nitrogens is 2. The number of aryl methyl sites for hydroxylation is 1. The monoisotopic (exact) mass is 599 g/mol. The number of nitrogens with one attached hydrogen (secondary N) is 4. The summed E-state index contributed by atoms with van der Waals surface area (Å²) in [5.74, 6) is 0.688. The van der Waals surface area contributed by atoms with Gasteiger partial charge >= 0.3 is 15.2 Å². The number of rotatable bonds is 13. The van der Waals surface area contributed by atoms with Crippen LogP contribution in [0.4, 0.5) is 17.3 Å². The van der Waals surface area contributed by atoms with Gasteiger partial charge in [0.25, 0.3) is 0 Å². The molecule has 5 N–H and O–H groups in total. The highest BCUT2D eigenvalue weighted by Crippen LogP contribution is 2.28. The molecule has 1 aliphatic carbocycles. The number of aliphatic hydroxyl groups excluding tert-OH is 1. The van der Waals surface area contributed by atoms with Crippen LogP contribution in [0.3, 0.4) is 0 Å². The fourth-order valence-corrected chi connectivity index (χ4v) is 7.26. The van der Waals surface area contributed by atoms with E-state index in [0.717, 1.165) is 69.0 Å². The van der Waals surface area contributed by atoms with Crippen molar-refractivity contribution in [2.24, 2.45) is 17.3 Å². The van der Waals surface area contributed by atoms with Gasteiger partial charge in [-0.3, -0.25) is 4.79 Å². The van der Waals surface area contributed by atoms with E-state index in [-0.39, 0.29) is 18.1 Å². The second-order valence-corrected chi connectivity index (χ2v) is 13.0. The number of benzene rings is 1. The molecule has 1 saturated carbocycles. The number of hydrogen-bond donors (Lipinski definition) is 5. The summed E-state index contributed by atoms with van der Waals surface area (Å²) >= 11 is 0. The summed E-state index contributed by atoms with van der Waals surface area (Å²) < 4.78 is 14.4. The maximum absolute atomic E-state index is 12.2. The molecule has 0 radical (unpaired) electrons. The summed E-state index contributed by atoms with van der Waals surface area (Å²) in [4.78, 5) is 15.2. The van der Waals surface area contributed by atoms with Crippen LogP contribution < -0.4 is 20.5 Å². The van der Waals surface area contributed by atoms with E-state index in [1.165, 1.54) is 32.1 Å². The average Bonchev–Trinajstić information content (AvgIpc) is 3.41. The molecule has 2 bridgehead atoms. The highest BCUT2D eigenvalue weighted by atomic mass is 28.3. The first-order chi connectivity index (χ1) is 20.6. The van der Waals surface area contributed by atoms with Gasteiger partial charge in [-0.15, -0.1) is 0 Å². The number of azo groups is 1. The Kier molecular flexibility index (Phi) is 13.9. The number of amides is 1. The number of aromatic amines is 1. The van der Waals surface area contributed by atoms with Gasteiger partial charge in [-0.2, -0.15) is 0 Å². The lowest BCUT2D eigenvalue weighted by Crippen LogP contribution is -2.52. The lowest BCUT2D eigenvalue weighted by Gasteiger charge is -2.31. The minimum absolute atomic E-state index is 0.00372. The lowest BCUT2D eigenvalue weighted by molar-refractivity contribution is -0.657. The molecule has 1 amide bonds. The number of anilines is 1. The van der Waals surface area contributed by atoms with Crippen molar-refractivity contribution in [3.05, 3.63) is 36.7 Å². The third-order valence-electron chi connectivity index (χ3n) is 7.80. The molecular formula is C30H49N7O4Si+2. The van der Waals surface area contributed by atoms with Crippen molar-refractivity contribution in [1.29, 1.82) is 0 Å². The summed E-state index contributed by atoms with van der Waals surface area (Å²) in [5, 5.41) is 28.8. The van der Waals surface area contributed by atoms with E-state index in [9.17, 15) is 9.90 Å².